The summed E-state index contributed by atoms with van der Waals surface area (Å²) >= 11 is 12.1. The van der Waals surface area contributed by atoms with Gasteiger partial charge in [-0.05, 0) is 37.0 Å². The first-order valence-corrected chi connectivity index (χ1v) is 9.74. The van der Waals surface area contributed by atoms with Gasteiger partial charge in [0.2, 0.25) is 0 Å². The molecule has 0 spiro atoms. The summed E-state index contributed by atoms with van der Waals surface area (Å²) in [6.07, 6.45) is 4.79. The second kappa shape index (κ2) is 8.10. The molecule has 1 aliphatic carbocycles. The lowest BCUT2D eigenvalue weighted by Gasteiger charge is -2.04. The number of benzene rings is 1. The van der Waals surface area contributed by atoms with Crippen molar-refractivity contribution in [3.8, 4) is 5.75 Å². The molecule has 0 saturated heterocycles. The number of fused-ring (bicyclic) bond motifs is 1. The molecule has 1 aliphatic rings. The molecule has 1 N–H and O–H groups in total. The Bertz CT molecular complexity index is 1120. The van der Waals surface area contributed by atoms with Crippen LogP contribution in [0.2, 0.25) is 10.0 Å². The number of carbonyl (C=O) groups is 1. The van der Waals surface area contributed by atoms with Crippen molar-refractivity contribution >= 4 is 40.1 Å². The molecular formula is C20H18Cl2N2O5. The molecule has 2 heterocycles. The Labute approximate surface area is 176 Å². The minimum atomic E-state index is -0.552. The molecule has 29 heavy (non-hydrogen) atoms. The van der Waals surface area contributed by atoms with Crippen LogP contribution in [0.5, 0.6) is 5.75 Å². The summed E-state index contributed by atoms with van der Waals surface area (Å²) in [6.45, 7) is 1.01. The molecule has 0 atom stereocenters. The van der Waals surface area contributed by atoms with Gasteiger partial charge < -0.3 is 19.1 Å². The van der Waals surface area contributed by atoms with Crippen LogP contribution in [-0.4, -0.2) is 29.6 Å². The minimum Gasteiger partial charge on any atom is -0.493 e. The van der Waals surface area contributed by atoms with Crippen LogP contribution in [0.15, 0.2) is 40.0 Å². The van der Waals surface area contributed by atoms with E-state index in [-0.39, 0.29) is 15.4 Å². The molecule has 152 valence electrons. The first-order chi connectivity index (χ1) is 14.0. The number of halogens is 2. The van der Waals surface area contributed by atoms with Crippen molar-refractivity contribution in [2.24, 2.45) is 10.9 Å². The van der Waals surface area contributed by atoms with E-state index in [0.717, 1.165) is 0 Å². The molecular weight excluding hydrogens is 419 g/mol. The van der Waals surface area contributed by atoms with Crippen LogP contribution in [-0.2, 0) is 11.3 Å². The third-order valence-electron chi connectivity index (χ3n) is 4.60. The second-order valence-electron chi connectivity index (χ2n) is 6.83. The molecule has 1 saturated carbocycles. The summed E-state index contributed by atoms with van der Waals surface area (Å²) in [5.41, 5.74) is 0.753. The summed E-state index contributed by atoms with van der Waals surface area (Å²) in [5, 5.41) is 10.2. The highest BCUT2D eigenvalue weighted by Crippen LogP contribution is 2.33. The van der Waals surface area contributed by atoms with Gasteiger partial charge in [-0.2, -0.15) is 4.73 Å². The summed E-state index contributed by atoms with van der Waals surface area (Å²) in [6, 6.07) is 5.00. The van der Waals surface area contributed by atoms with Crippen LogP contribution in [0, 0.1) is 5.92 Å². The van der Waals surface area contributed by atoms with Crippen molar-refractivity contribution in [2.45, 2.75) is 19.4 Å². The van der Waals surface area contributed by atoms with Gasteiger partial charge in [0, 0.05) is 12.0 Å². The number of hydrogen-bond acceptors (Lipinski definition) is 5. The third-order valence-corrected chi connectivity index (χ3v) is 5.15. The number of pyridine rings is 1. The first kappa shape index (κ1) is 19.8. The molecule has 0 aliphatic heterocycles. The van der Waals surface area contributed by atoms with Gasteiger partial charge in [-0.25, -0.2) is 4.99 Å². The van der Waals surface area contributed by atoms with Crippen molar-refractivity contribution in [1.29, 1.82) is 0 Å². The van der Waals surface area contributed by atoms with Crippen LogP contribution in [0.25, 0.3) is 11.0 Å². The molecule has 0 unspecified atom stereocenters. The van der Waals surface area contributed by atoms with Crippen LogP contribution in [0.4, 0.5) is 0 Å². The summed E-state index contributed by atoms with van der Waals surface area (Å²) in [5.74, 6) is 1.18. The normalized spacial score (nSPS) is 13.6. The maximum atomic E-state index is 12.9. The SMILES string of the molecule is COc1ccc(C(=O)N=c2c(Cl)cn(O)cc2Cl)c2cc(COCC3CC3)oc12. The smallest absolute Gasteiger partial charge is 0.278 e. The fourth-order valence-electron chi connectivity index (χ4n) is 2.95. The van der Waals surface area contributed by atoms with Gasteiger partial charge in [0.1, 0.15) is 17.7 Å². The molecule has 9 heteroatoms. The van der Waals surface area contributed by atoms with E-state index < -0.39 is 5.91 Å². The molecule has 1 fully saturated rings. The van der Waals surface area contributed by atoms with Crippen LogP contribution >= 0.6 is 23.2 Å². The lowest BCUT2D eigenvalue weighted by atomic mass is 10.1. The molecule has 4 rings (SSSR count). The molecule has 2 aromatic heterocycles. The van der Waals surface area contributed by atoms with E-state index >= 15 is 0 Å². The number of nitrogens with zero attached hydrogens (tertiary/aromatic N) is 2. The third kappa shape index (κ3) is 4.27. The largest absolute Gasteiger partial charge is 0.493 e. The van der Waals surface area contributed by atoms with Crippen LogP contribution in [0.1, 0.15) is 29.0 Å². The minimum absolute atomic E-state index is 0.0412. The molecule has 0 bridgehead atoms. The lowest BCUT2D eigenvalue weighted by Crippen LogP contribution is -2.12. The van der Waals surface area contributed by atoms with Crippen molar-refractivity contribution in [1.82, 2.24) is 4.73 Å². The van der Waals surface area contributed by atoms with Crippen LogP contribution in [0.3, 0.4) is 0 Å². The van der Waals surface area contributed by atoms with Gasteiger partial charge >= 0.3 is 0 Å². The Morgan fingerprint density at radius 3 is 2.69 bits per heavy atom. The Kier molecular flexibility index (Phi) is 5.54. The lowest BCUT2D eigenvalue weighted by molar-refractivity contribution is 0.0983. The fraction of sp³-hybridized carbons (Fsp3) is 0.300. The van der Waals surface area contributed by atoms with Gasteiger partial charge in [0.05, 0.1) is 35.1 Å². The van der Waals surface area contributed by atoms with E-state index in [0.29, 0.717) is 51.9 Å². The quantitative estimate of drug-likeness (QED) is 0.576. The number of methoxy groups -OCH3 is 1. The predicted octanol–water partition coefficient (Wildman–Crippen LogP) is 4.45. The molecule has 0 radical (unpaired) electrons. The zero-order valence-electron chi connectivity index (χ0n) is 15.5. The number of aromatic nitrogens is 1. The maximum absolute atomic E-state index is 12.9. The number of amides is 1. The maximum Gasteiger partial charge on any atom is 0.278 e. The van der Waals surface area contributed by atoms with Crippen LogP contribution < -0.4 is 10.1 Å². The average molecular weight is 437 g/mol. The number of ether oxygens (including phenoxy) is 2. The second-order valence-corrected chi connectivity index (χ2v) is 7.64. The summed E-state index contributed by atoms with van der Waals surface area (Å²) in [7, 11) is 1.53. The number of carbonyl (C=O) groups excluding carboxylic acids is 1. The zero-order chi connectivity index (χ0) is 20.5. The van der Waals surface area contributed by atoms with E-state index in [9.17, 15) is 10.0 Å². The highest BCUT2D eigenvalue weighted by Gasteiger charge is 2.22. The van der Waals surface area contributed by atoms with E-state index in [4.69, 9.17) is 37.1 Å². The first-order valence-electron chi connectivity index (χ1n) is 8.99. The standard InChI is InChI=1S/C20H18Cl2N2O5/c1-27-17-5-4-13(20(25)23-18-15(21)7-24(26)8-16(18)22)14-6-12(29-19(14)17)10-28-9-11-2-3-11/h4-8,11,26H,2-3,9-10H2,1H3. The van der Waals surface area contributed by atoms with Gasteiger partial charge in [-0.3, -0.25) is 4.79 Å². The van der Waals surface area contributed by atoms with Crippen molar-refractivity contribution < 1.29 is 23.9 Å². The van der Waals surface area contributed by atoms with Gasteiger partial charge in [-0.1, -0.05) is 23.2 Å². The molecule has 1 aromatic carbocycles. The monoisotopic (exact) mass is 436 g/mol. The van der Waals surface area contributed by atoms with Crippen molar-refractivity contribution in [2.75, 3.05) is 13.7 Å². The Hall–Kier alpha value is -2.48. The van der Waals surface area contributed by atoms with Gasteiger partial charge in [0.25, 0.3) is 5.91 Å². The summed E-state index contributed by atoms with van der Waals surface area (Å²) < 4.78 is 17.6. The van der Waals surface area contributed by atoms with Gasteiger partial charge in [0.15, 0.2) is 11.3 Å². The average Bonchev–Trinajstić information content (AvgIpc) is 3.40. The van der Waals surface area contributed by atoms with E-state index in [1.807, 2.05) is 0 Å². The zero-order valence-corrected chi connectivity index (χ0v) is 17.0. The Morgan fingerprint density at radius 1 is 1.31 bits per heavy atom. The van der Waals surface area contributed by atoms with E-state index in [1.165, 1.54) is 32.3 Å². The van der Waals surface area contributed by atoms with E-state index in [2.05, 4.69) is 4.99 Å². The molecule has 1 amide bonds. The number of furan rings is 1. The highest BCUT2D eigenvalue weighted by molar-refractivity contribution is 6.34. The molecule has 3 aromatic rings. The van der Waals surface area contributed by atoms with Crippen molar-refractivity contribution in [3.63, 3.8) is 0 Å². The Balaban J connectivity index is 1.71. The Morgan fingerprint density at radius 2 is 2.03 bits per heavy atom. The molecule has 7 nitrogen and oxygen atoms in total. The van der Waals surface area contributed by atoms with Gasteiger partial charge in [-0.15, -0.1) is 0 Å². The number of rotatable bonds is 6. The van der Waals surface area contributed by atoms with E-state index in [1.54, 1.807) is 18.2 Å². The summed E-state index contributed by atoms with van der Waals surface area (Å²) in [4.78, 5) is 16.9. The highest BCUT2D eigenvalue weighted by atomic mass is 35.5. The topological polar surface area (TPSA) is 86.2 Å². The number of hydrogen-bond donors (Lipinski definition) is 1. The fourth-order valence-corrected chi connectivity index (χ4v) is 3.49. The predicted molar refractivity (Wildman–Crippen MR) is 107 cm³/mol. The van der Waals surface area contributed by atoms with Crippen molar-refractivity contribution in [3.05, 3.63) is 57.3 Å².